The molecule has 7 aromatic carbocycles. The number of hydrogen-bond donors (Lipinski definition) is 0. The first-order chi connectivity index (χ1) is 27.7. The number of para-hydroxylation sites is 2. The van der Waals surface area contributed by atoms with Gasteiger partial charge in [0.15, 0.2) is 0 Å². The third-order valence-corrected chi connectivity index (χ3v) is 12.5. The molecule has 0 saturated carbocycles. The molecular formula is C53H42N2S. The van der Waals surface area contributed by atoms with Gasteiger partial charge in [-0.3, -0.25) is 0 Å². The Bertz CT molecular complexity index is 2780. The highest BCUT2D eigenvalue weighted by Gasteiger charge is 2.30. The van der Waals surface area contributed by atoms with Gasteiger partial charge < -0.3 is 9.80 Å². The van der Waals surface area contributed by atoms with Crippen LogP contribution in [-0.4, -0.2) is 6.04 Å². The highest BCUT2D eigenvalue weighted by Crippen LogP contribution is 2.51. The minimum Gasteiger partial charge on any atom is -0.333 e. The normalized spacial score (nSPS) is 15.9. The van der Waals surface area contributed by atoms with Crippen LogP contribution in [-0.2, 0) is 6.42 Å². The van der Waals surface area contributed by atoms with Crippen LogP contribution in [0.25, 0.3) is 48.5 Å². The molecule has 2 aliphatic rings. The third-order valence-electron chi connectivity index (χ3n) is 11.4. The molecule has 0 bridgehead atoms. The van der Waals surface area contributed by atoms with E-state index in [2.05, 4.69) is 217 Å². The second-order valence-electron chi connectivity index (χ2n) is 14.9. The molecule has 56 heavy (non-hydrogen) atoms. The average molecular weight is 739 g/mol. The van der Waals surface area contributed by atoms with E-state index in [0.29, 0.717) is 0 Å². The molecule has 1 aromatic heterocycles. The smallest absolute Gasteiger partial charge is 0.0585 e. The van der Waals surface area contributed by atoms with Gasteiger partial charge in [0.1, 0.15) is 0 Å². The Balaban J connectivity index is 1.30. The van der Waals surface area contributed by atoms with Gasteiger partial charge in [0.2, 0.25) is 0 Å². The highest BCUT2D eigenvalue weighted by molar-refractivity contribution is 7.26. The van der Waals surface area contributed by atoms with E-state index in [0.717, 1.165) is 29.9 Å². The van der Waals surface area contributed by atoms with Crippen LogP contribution >= 0.6 is 11.3 Å². The van der Waals surface area contributed by atoms with Gasteiger partial charge in [-0.05, 0) is 95.1 Å². The van der Waals surface area contributed by atoms with Crippen LogP contribution in [0, 0.1) is 5.92 Å². The fourth-order valence-corrected chi connectivity index (χ4v) is 9.87. The lowest BCUT2D eigenvalue weighted by Gasteiger charge is -2.38. The summed E-state index contributed by atoms with van der Waals surface area (Å²) >= 11 is 1.91. The van der Waals surface area contributed by atoms with Gasteiger partial charge in [0, 0.05) is 42.8 Å². The zero-order chi connectivity index (χ0) is 37.4. The van der Waals surface area contributed by atoms with Crippen LogP contribution in [0.1, 0.15) is 24.5 Å². The van der Waals surface area contributed by atoms with Gasteiger partial charge >= 0.3 is 0 Å². The number of nitrogens with zero attached hydrogens (tertiary/aromatic N) is 2. The van der Waals surface area contributed by atoms with Gasteiger partial charge in [-0.2, -0.15) is 0 Å². The molecule has 0 aliphatic heterocycles. The first-order valence-corrected chi connectivity index (χ1v) is 20.5. The van der Waals surface area contributed by atoms with Crippen molar-refractivity contribution >= 4 is 66.0 Å². The van der Waals surface area contributed by atoms with Crippen molar-refractivity contribution < 1.29 is 0 Å². The van der Waals surface area contributed by atoms with Crippen molar-refractivity contribution in [1.82, 2.24) is 0 Å². The zero-order valence-corrected chi connectivity index (χ0v) is 32.2. The molecule has 2 aliphatic carbocycles. The summed E-state index contributed by atoms with van der Waals surface area (Å²) in [6.07, 6.45) is 16.1. The lowest BCUT2D eigenvalue weighted by Crippen LogP contribution is -2.35. The lowest BCUT2D eigenvalue weighted by molar-refractivity contribution is 0.610. The molecule has 8 aromatic rings. The van der Waals surface area contributed by atoms with E-state index in [1.54, 1.807) is 0 Å². The Labute approximate surface area is 333 Å². The number of anilines is 5. The van der Waals surface area contributed by atoms with Crippen molar-refractivity contribution in [2.24, 2.45) is 5.92 Å². The SMILES string of the molecule is CC1C=CC=CC1N(c1cccc(-c2ccccc2)c1)c1cc(N(c2ccccc2)c2ccccc2-c2ccccc2)cc2sc3ccc4c(c3c12)C=CCC4. The monoisotopic (exact) mass is 738 g/mol. The second kappa shape index (κ2) is 14.7. The van der Waals surface area contributed by atoms with Crippen LogP contribution in [0.15, 0.2) is 194 Å². The molecule has 0 saturated heterocycles. The molecule has 2 unspecified atom stereocenters. The summed E-state index contributed by atoms with van der Waals surface area (Å²) in [5, 5.41) is 2.69. The van der Waals surface area contributed by atoms with Gasteiger partial charge in [-0.25, -0.2) is 0 Å². The molecule has 0 fully saturated rings. The van der Waals surface area contributed by atoms with E-state index in [9.17, 15) is 0 Å². The number of rotatable bonds is 8. The van der Waals surface area contributed by atoms with Gasteiger partial charge in [-0.15, -0.1) is 11.3 Å². The van der Waals surface area contributed by atoms with Crippen molar-refractivity contribution in [3.8, 4) is 22.3 Å². The number of hydrogen-bond acceptors (Lipinski definition) is 3. The van der Waals surface area contributed by atoms with Gasteiger partial charge in [-0.1, -0.05) is 159 Å². The Morgan fingerprint density at radius 3 is 2.04 bits per heavy atom. The Morgan fingerprint density at radius 2 is 1.23 bits per heavy atom. The third kappa shape index (κ3) is 6.15. The van der Waals surface area contributed by atoms with Crippen LogP contribution in [0.4, 0.5) is 28.4 Å². The summed E-state index contributed by atoms with van der Waals surface area (Å²) < 4.78 is 2.61. The van der Waals surface area contributed by atoms with Crippen molar-refractivity contribution in [1.29, 1.82) is 0 Å². The molecule has 0 N–H and O–H groups in total. The maximum absolute atomic E-state index is 2.63. The first kappa shape index (κ1) is 34.1. The molecule has 270 valence electrons. The largest absolute Gasteiger partial charge is 0.333 e. The van der Waals surface area contributed by atoms with E-state index in [1.165, 1.54) is 64.9 Å². The van der Waals surface area contributed by atoms with Crippen LogP contribution < -0.4 is 9.80 Å². The molecular weight excluding hydrogens is 697 g/mol. The molecule has 0 spiro atoms. The predicted molar refractivity (Wildman–Crippen MR) is 242 cm³/mol. The molecule has 0 amide bonds. The molecule has 2 atom stereocenters. The Kier molecular flexibility index (Phi) is 8.93. The summed E-state index contributed by atoms with van der Waals surface area (Å²) in [4.78, 5) is 5.09. The maximum atomic E-state index is 2.63. The number of thiophene rings is 1. The molecule has 10 rings (SSSR count). The topological polar surface area (TPSA) is 6.48 Å². The summed E-state index contributed by atoms with van der Waals surface area (Å²) in [5.41, 5.74) is 13.4. The fourth-order valence-electron chi connectivity index (χ4n) is 8.69. The maximum Gasteiger partial charge on any atom is 0.0585 e. The number of benzene rings is 7. The summed E-state index contributed by atoms with van der Waals surface area (Å²) in [5.74, 6) is 0.279. The van der Waals surface area contributed by atoms with Gasteiger partial charge in [0.25, 0.3) is 0 Å². The predicted octanol–water partition coefficient (Wildman–Crippen LogP) is 15.1. The van der Waals surface area contributed by atoms with E-state index in [4.69, 9.17) is 0 Å². The average Bonchev–Trinajstić information content (AvgIpc) is 3.65. The van der Waals surface area contributed by atoms with E-state index in [1.807, 2.05) is 11.3 Å². The van der Waals surface area contributed by atoms with Crippen molar-refractivity contribution in [2.75, 3.05) is 9.80 Å². The standard InChI is InChI=1S/C53H42N2S/c1-37-18-11-15-30-47(37)55(43-27-17-24-41(34-43)38-19-5-2-6-20-38)49-35-44(36-51-53(49)52-46-29-13-12-23-40(46)32-33-50(52)56-51)54(42-25-9-4-10-26-42)48-31-16-14-28-45(48)39-21-7-3-8-22-39/h2-11,13-22,24-37,47H,12,23H2,1H3. The number of allylic oxidation sites excluding steroid dienone is 3. The number of aryl methyl sites for hydroxylation is 1. The Morgan fingerprint density at radius 1 is 0.536 bits per heavy atom. The van der Waals surface area contributed by atoms with Crippen molar-refractivity contribution in [3.63, 3.8) is 0 Å². The van der Waals surface area contributed by atoms with Crippen molar-refractivity contribution in [2.45, 2.75) is 25.8 Å². The summed E-state index contributed by atoms with van der Waals surface area (Å²) in [6.45, 7) is 2.35. The molecule has 3 heteroatoms. The van der Waals surface area contributed by atoms with Crippen molar-refractivity contribution in [3.05, 3.63) is 205 Å². The second-order valence-corrected chi connectivity index (χ2v) is 15.9. The summed E-state index contributed by atoms with van der Waals surface area (Å²) in [7, 11) is 0. The molecule has 0 radical (unpaired) electrons. The van der Waals surface area contributed by atoms with E-state index in [-0.39, 0.29) is 12.0 Å². The highest BCUT2D eigenvalue weighted by atomic mass is 32.1. The fraction of sp³-hybridized carbons (Fsp3) is 0.0943. The minimum absolute atomic E-state index is 0.0938. The van der Waals surface area contributed by atoms with Crippen LogP contribution in [0.3, 0.4) is 0 Å². The van der Waals surface area contributed by atoms with E-state index < -0.39 is 0 Å². The Hall–Kier alpha value is -6.42. The number of fused-ring (bicyclic) bond motifs is 5. The van der Waals surface area contributed by atoms with E-state index >= 15 is 0 Å². The lowest BCUT2D eigenvalue weighted by atomic mass is 9.91. The minimum atomic E-state index is 0.0938. The molecule has 1 heterocycles. The first-order valence-electron chi connectivity index (χ1n) is 19.7. The summed E-state index contributed by atoms with van der Waals surface area (Å²) in [6, 6.07) is 60.1. The quantitative estimate of drug-likeness (QED) is 0.153. The zero-order valence-electron chi connectivity index (χ0n) is 31.4. The van der Waals surface area contributed by atoms with Crippen LogP contribution in [0.5, 0.6) is 0 Å². The van der Waals surface area contributed by atoms with Gasteiger partial charge in [0.05, 0.1) is 17.4 Å². The van der Waals surface area contributed by atoms with Crippen LogP contribution in [0.2, 0.25) is 0 Å². The molecule has 2 nitrogen and oxygen atoms in total.